The summed E-state index contributed by atoms with van der Waals surface area (Å²) in [6, 6.07) is 0. The molecule has 0 amide bonds. The first-order chi connectivity index (χ1) is 8.72. The van der Waals surface area contributed by atoms with E-state index in [1.807, 2.05) is 17.8 Å². The summed E-state index contributed by atoms with van der Waals surface area (Å²) in [5.74, 6) is 0. The second-order valence-corrected chi connectivity index (χ2v) is 4.61. The highest BCUT2D eigenvalue weighted by molar-refractivity contribution is 8.93. The Morgan fingerprint density at radius 3 is 2.30 bits per heavy atom. The van der Waals surface area contributed by atoms with Gasteiger partial charge in [0.2, 0.25) is 6.33 Å². The maximum absolute atomic E-state index is 3.78. The molecule has 2 heterocycles. The van der Waals surface area contributed by atoms with Crippen LogP contribution in [0.4, 0.5) is 0 Å². The molecule has 0 unspecified atom stereocenters. The molecule has 0 aliphatic rings. The second kappa shape index (κ2) is 13.4. The molecule has 2 aromatic heterocycles. The lowest BCUT2D eigenvalue weighted by atomic mass is 10.2. The number of nitrogens with zero attached hydrogens (tertiary/aromatic N) is 4. The lowest BCUT2D eigenvalue weighted by molar-refractivity contribution is -0.671. The lowest BCUT2D eigenvalue weighted by Crippen LogP contribution is -3.00. The van der Waals surface area contributed by atoms with Crippen molar-refractivity contribution in [1.82, 2.24) is 14.1 Å². The van der Waals surface area contributed by atoms with Gasteiger partial charge >= 0.3 is 0 Å². The number of imidazole rings is 2. The summed E-state index contributed by atoms with van der Waals surface area (Å²) >= 11 is 0. The highest BCUT2D eigenvalue weighted by atomic mass is 79.9. The number of aryl methyl sites for hydroxylation is 3. The molecular formula is C14H26Br2N4. The lowest BCUT2D eigenvalue weighted by Gasteiger charge is -1.95. The smallest absolute Gasteiger partial charge is 0.243 e. The minimum atomic E-state index is 0. The van der Waals surface area contributed by atoms with Crippen LogP contribution in [-0.2, 0) is 20.6 Å². The third kappa shape index (κ3) is 10.2. The maximum atomic E-state index is 3.78. The highest BCUT2D eigenvalue weighted by Gasteiger charge is 1.97. The van der Waals surface area contributed by atoms with Crippen molar-refractivity contribution in [3.63, 3.8) is 0 Å². The number of aromatic nitrogens is 4. The number of unbranched alkanes of at least 4 members (excludes halogenated alkanes) is 3. The summed E-state index contributed by atoms with van der Waals surface area (Å²) in [7, 11) is 4.00. The summed E-state index contributed by atoms with van der Waals surface area (Å²) < 4.78 is 6.22. The molecule has 0 N–H and O–H groups in total. The van der Waals surface area contributed by atoms with Gasteiger partial charge in [-0.3, -0.25) is 0 Å². The molecule has 4 nitrogen and oxygen atoms in total. The summed E-state index contributed by atoms with van der Waals surface area (Å²) in [5, 5.41) is 0. The van der Waals surface area contributed by atoms with E-state index < -0.39 is 0 Å². The fraction of sp³-hybridized carbons (Fsp3) is 0.571. The van der Waals surface area contributed by atoms with Gasteiger partial charge in [0.05, 0.1) is 19.9 Å². The van der Waals surface area contributed by atoms with Crippen molar-refractivity contribution >= 4 is 17.0 Å². The standard InChI is InChI=1S/C10H19N2.C4H6N2.2BrH/c1-3-4-5-6-7-12-9-8-11(2)10-12;1-6-3-2-5-4-6;;/h8-10H,3-7H2,1-2H3;2-4H,1H3;2*1H/q+1;;;/p-1. The molecule has 0 aromatic carbocycles. The molecule has 2 aromatic rings. The van der Waals surface area contributed by atoms with Gasteiger partial charge in [-0.2, -0.15) is 0 Å². The van der Waals surface area contributed by atoms with Gasteiger partial charge in [-0.05, 0) is 12.8 Å². The van der Waals surface area contributed by atoms with Crippen LogP contribution >= 0.6 is 17.0 Å². The van der Waals surface area contributed by atoms with E-state index in [9.17, 15) is 0 Å². The average molecular weight is 410 g/mol. The van der Waals surface area contributed by atoms with Crippen LogP contribution in [0, 0.1) is 0 Å². The van der Waals surface area contributed by atoms with Crippen LogP contribution in [0.25, 0.3) is 0 Å². The minimum absolute atomic E-state index is 0. The van der Waals surface area contributed by atoms with Gasteiger partial charge in [0.25, 0.3) is 0 Å². The van der Waals surface area contributed by atoms with Crippen LogP contribution in [0.5, 0.6) is 0 Å². The summed E-state index contributed by atoms with van der Waals surface area (Å²) in [6.07, 6.45) is 17.1. The predicted molar refractivity (Wildman–Crippen MR) is 83.3 cm³/mol. The first-order valence-electron chi connectivity index (χ1n) is 6.65. The molecule has 0 radical (unpaired) electrons. The quantitative estimate of drug-likeness (QED) is 0.500. The Morgan fingerprint density at radius 2 is 1.90 bits per heavy atom. The molecule has 6 heteroatoms. The van der Waals surface area contributed by atoms with Crippen molar-refractivity contribution in [2.75, 3.05) is 0 Å². The number of hydrogen-bond donors (Lipinski definition) is 0. The second-order valence-electron chi connectivity index (χ2n) is 4.61. The van der Waals surface area contributed by atoms with E-state index in [1.165, 1.54) is 32.2 Å². The third-order valence-corrected chi connectivity index (χ3v) is 2.73. The number of halogens is 2. The van der Waals surface area contributed by atoms with Gasteiger partial charge in [0.1, 0.15) is 12.4 Å². The first-order valence-corrected chi connectivity index (χ1v) is 6.65. The van der Waals surface area contributed by atoms with Gasteiger partial charge in [-0.25, -0.2) is 14.1 Å². The van der Waals surface area contributed by atoms with Gasteiger partial charge in [0.15, 0.2) is 0 Å². The number of rotatable bonds is 5. The van der Waals surface area contributed by atoms with Crippen LogP contribution < -0.4 is 21.5 Å². The summed E-state index contributed by atoms with van der Waals surface area (Å²) in [4.78, 5) is 3.78. The van der Waals surface area contributed by atoms with E-state index >= 15 is 0 Å². The Labute approximate surface area is 143 Å². The molecule has 0 aliphatic carbocycles. The van der Waals surface area contributed by atoms with Gasteiger partial charge in [-0.15, -0.1) is 17.0 Å². The van der Waals surface area contributed by atoms with Crippen molar-refractivity contribution in [2.45, 2.75) is 39.2 Å². The van der Waals surface area contributed by atoms with Crippen molar-refractivity contribution in [3.8, 4) is 0 Å². The van der Waals surface area contributed by atoms with E-state index in [0.717, 1.165) is 0 Å². The van der Waals surface area contributed by atoms with E-state index in [2.05, 4.69) is 46.8 Å². The molecule has 0 saturated carbocycles. The predicted octanol–water partition coefficient (Wildman–Crippen LogP) is -0.105. The molecule has 0 aliphatic heterocycles. The molecule has 116 valence electrons. The van der Waals surface area contributed by atoms with Crippen LogP contribution in [0.3, 0.4) is 0 Å². The SMILES string of the molecule is Br.CCCCCCn1cc[n+](C)c1.Cn1ccnc1.[Br-]. The fourth-order valence-electron chi connectivity index (χ4n) is 1.68. The third-order valence-electron chi connectivity index (χ3n) is 2.73. The fourth-order valence-corrected chi connectivity index (χ4v) is 1.68. The topological polar surface area (TPSA) is 26.6 Å². The van der Waals surface area contributed by atoms with Gasteiger partial charge in [0, 0.05) is 19.4 Å². The van der Waals surface area contributed by atoms with E-state index in [-0.39, 0.29) is 34.0 Å². The van der Waals surface area contributed by atoms with E-state index in [4.69, 9.17) is 0 Å². The Bertz CT molecular complexity index is 412. The molecule has 0 fully saturated rings. The Balaban J connectivity index is 0. The zero-order valence-electron chi connectivity index (χ0n) is 12.6. The zero-order valence-corrected chi connectivity index (χ0v) is 15.9. The zero-order chi connectivity index (χ0) is 13.2. The monoisotopic (exact) mass is 408 g/mol. The van der Waals surface area contributed by atoms with Crippen LogP contribution in [0.2, 0.25) is 0 Å². The molecule has 0 saturated heterocycles. The van der Waals surface area contributed by atoms with Crippen molar-refractivity contribution in [3.05, 3.63) is 37.4 Å². The summed E-state index contributed by atoms with van der Waals surface area (Å²) in [5.41, 5.74) is 0. The highest BCUT2D eigenvalue weighted by Crippen LogP contribution is 2.00. The normalized spacial score (nSPS) is 8.95. The largest absolute Gasteiger partial charge is 1.00 e. The minimum Gasteiger partial charge on any atom is -1.00 e. The average Bonchev–Trinajstić information content (AvgIpc) is 2.97. The van der Waals surface area contributed by atoms with Gasteiger partial charge in [-0.1, -0.05) is 19.8 Å². The Hall–Kier alpha value is -0.620. The number of hydrogen-bond acceptors (Lipinski definition) is 1. The molecular weight excluding hydrogens is 384 g/mol. The van der Waals surface area contributed by atoms with Crippen molar-refractivity contribution in [1.29, 1.82) is 0 Å². The Morgan fingerprint density at radius 1 is 1.15 bits per heavy atom. The molecule has 0 atom stereocenters. The van der Waals surface area contributed by atoms with E-state index in [0.29, 0.717) is 0 Å². The van der Waals surface area contributed by atoms with Gasteiger partial charge < -0.3 is 21.5 Å². The molecule has 2 rings (SSSR count). The van der Waals surface area contributed by atoms with E-state index in [1.54, 1.807) is 12.5 Å². The maximum Gasteiger partial charge on any atom is 0.243 e. The molecule has 0 bridgehead atoms. The Kier molecular flexibility index (Phi) is 14.5. The first kappa shape index (κ1) is 21.7. The van der Waals surface area contributed by atoms with Crippen LogP contribution in [-0.4, -0.2) is 14.1 Å². The van der Waals surface area contributed by atoms with Crippen LogP contribution in [0.1, 0.15) is 32.6 Å². The molecule has 20 heavy (non-hydrogen) atoms. The van der Waals surface area contributed by atoms with Crippen molar-refractivity contribution in [2.24, 2.45) is 14.1 Å². The summed E-state index contributed by atoms with van der Waals surface area (Å²) in [6.45, 7) is 3.41. The molecule has 0 spiro atoms. The van der Waals surface area contributed by atoms with Crippen LogP contribution in [0.15, 0.2) is 37.4 Å². The van der Waals surface area contributed by atoms with Crippen molar-refractivity contribution < 1.29 is 21.5 Å².